The molecule has 0 atom stereocenters. The molecule has 3 rings (SSSR count). The first-order valence-corrected chi connectivity index (χ1v) is 6.52. The smallest absolute Gasteiger partial charge is 0.128 e. The number of aryl methyl sites for hydroxylation is 1. The van der Waals surface area contributed by atoms with Crippen LogP contribution in [0.1, 0.15) is 5.56 Å². The molecule has 3 aromatic rings. The van der Waals surface area contributed by atoms with Crippen LogP contribution in [-0.2, 0) is 13.6 Å². The number of rotatable bonds is 3. The standard InChI is InChI=1S/C16H17N3O/c1-19-10-12(13-8-11(9-17)6-7-18-13)16-14(19)4-3-5-15(16)20-2/h3-8,10H,9,17H2,1-2H3. The van der Waals surface area contributed by atoms with Crippen molar-refractivity contribution in [3.63, 3.8) is 0 Å². The third-order valence-electron chi connectivity index (χ3n) is 3.53. The van der Waals surface area contributed by atoms with E-state index in [2.05, 4.69) is 21.8 Å². The van der Waals surface area contributed by atoms with Gasteiger partial charge in [-0.1, -0.05) is 6.07 Å². The Hall–Kier alpha value is -2.33. The van der Waals surface area contributed by atoms with Crippen molar-refractivity contribution in [1.82, 2.24) is 9.55 Å². The second kappa shape index (κ2) is 4.98. The lowest BCUT2D eigenvalue weighted by molar-refractivity contribution is 0.420. The van der Waals surface area contributed by atoms with Gasteiger partial charge in [-0.2, -0.15) is 0 Å². The Morgan fingerprint density at radius 1 is 1.30 bits per heavy atom. The van der Waals surface area contributed by atoms with Gasteiger partial charge in [-0.25, -0.2) is 0 Å². The second-order valence-corrected chi connectivity index (χ2v) is 4.76. The van der Waals surface area contributed by atoms with E-state index in [-0.39, 0.29) is 0 Å². The normalized spacial score (nSPS) is 10.9. The van der Waals surface area contributed by atoms with Crippen molar-refractivity contribution in [2.45, 2.75) is 6.54 Å². The fourth-order valence-corrected chi connectivity index (χ4v) is 2.52. The van der Waals surface area contributed by atoms with E-state index in [1.165, 1.54) is 0 Å². The van der Waals surface area contributed by atoms with Gasteiger partial charge < -0.3 is 15.0 Å². The zero-order chi connectivity index (χ0) is 14.1. The predicted molar refractivity (Wildman–Crippen MR) is 80.6 cm³/mol. The van der Waals surface area contributed by atoms with Gasteiger partial charge >= 0.3 is 0 Å². The van der Waals surface area contributed by atoms with Crippen molar-refractivity contribution in [2.24, 2.45) is 12.8 Å². The molecule has 0 saturated heterocycles. The van der Waals surface area contributed by atoms with Gasteiger partial charge in [-0.05, 0) is 29.8 Å². The number of nitrogens with two attached hydrogens (primary N) is 1. The van der Waals surface area contributed by atoms with Crippen molar-refractivity contribution in [3.05, 3.63) is 48.3 Å². The summed E-state index contributed by atoms with van der Waals surface area (Å²) in [4.78, 5) is 4.47. The first-order valence-electron chi connectivity index (χ1n) is 6.52. The minimum Gasteiger partial charge on any atom is -0.496 e. The summed E-state index contributed by atoms with van der Waals surface area (Å²) in [5, 5.41) is 1.08. The number of ether oxygens (including phenoxy) is 1. The maximum atomic E-state index is 5.71. The number of hydrogen-bond donors (Lipinski definition) is 1. The summed E-state index contributed by atoms with van der Waals surface area (Å²) in [5.41, 5.74) is 9.89. The first kappa shape index (κ1) is 12.7. The number of pyridine rings is 1. The zero-order valence-electron chi connectivity index (χ0n) is 11.6. The van der Waals surface area contributed by atoms with Crippen molar-refractivity contribution >= 4 is 10.9 Å². The molecule has 20 heavy (non-hydrogen) atoms. The van der Waals surface area contributed by atoms with E-state index in [4.69, 9.17) is 10.5 Å². The topological polar surface area (TPSA) is 53.1 Å². The van der Waals surface area contributed by atoms with Crippen LogP contribution in [0, 0.1) is 0 Å². The average molecular weight is 267 g/mol. The van der Waals surface area contributed by atoms with E-state index < -0.39 is 0 Å². The summed E-state index contributed by atoms with van der Waals surface area (Å²) >= 11 is 0. The zero-order valence-corrected chi connectivity index (χ0v) is 11.6. The molecule has 0 amide bonds. The van der Waals surface area contributed by atoms with Crippen LogP contribution in [0.5, 0.6) is 5.75 Å². The van der Waals surface area contributed by atoms with Crippen LogP contribution in [0.3, 0.4) is 0 Å². The Balaban J connectivity index is 2.30. The summed E-state index contributed by atoms with van der Waals surface area (Å²) in [6.07, 6.45) is 3.88. The minimum atomic E-state index is 0.511. The lowest BCUT2D eigenvalue weighted by Crippen LogP contribution is -1.97. The number of aromatic nitrogens is 2. The first-order chi connectivity index (χ1) is 9.74. The molecule has 0 unspecified atom stereocenters. The van der Waals surface area contributed by atoms with Crippen molar-refractivity contribution in [3.8, 4) is 17.0 Å². The highest BCUT2D eigenvalue weighted by atomic mass is 16.5. The van der Waals surface area contributed by atoms with Crippen LogP contribution in [0.2, 0.25) is 0 Å². The molecule has 0 spiro atoms. The fraction of sp³-hybridized carbons (Fsp3) is 0.188. The van der Waals surface area contributed by atoms with Gasteiger partial charge in [0, 0.05) is 31.5 Å². The highest BCUT2D eigenvalue weighted by Gasteiger charge is 2.14. The van der Waals surface area contributed by atoms with Gasteiger partial charge in [0.15, 0.2) is 0 Å². The molecule has 0 aliphatic heterocycles. The fourth-order valence-electron chi connectivity index (χ4n) is 2.52. The molecule has 0 radical (unpaired) electrons. The van der Waals surface area contributed by atoms with E-state index in [1.54, 1.807) is 13.3 Å². The molecular weight excluding hydrogens is 250 g/mol. The van der Waals surface area contributed by atoms with E-state index in [9.17, 15) is 0 Å². The van der Waals surface area contributed by atoms with Gasteiger partial charge in [0.1, 0.15) is 5.75 Å². The number of fused-ring (bicyclic) bond motifs is 1. The molecule has 1 aromatic carbocycles. The molecule has 2 aromatic heterocycles. The van der Waals surface area contributed by atoms with Gasteiger partial charge in [-0.15, -0.1) is 0 Å². The second-order valence-electron chi connectivity index (χ2n) is 4.76. The maximum absolute atomic E-state index is 5.71. The van der Waals surface area contributed by atoms with Crippen LogP contribution in [-0.4, -0.2) is 16.7 Å². The Morgan fingerprint density at radius 2 is 2.15 bits per heavy atom. The third kappa shape index (κ3) is 1.94. The Labute approximate surface area is 117 Å². The Morgan fingerprint density at radius 3 is 2.90 bits per heavy atom. The highest BCUT2D eigenvalue weighted by Crippen LogP contribution is 2.35. The average Bonchev–Trinajstić information content (AvgIpc) is 2.85. The van der Waals surface area contributed by atoms with Crippen LogP contribution >= 0.6 is 0 Å². The van der Waals surface area contributed by atoms with Crippen molar-refractivity contribution in [2.75, 3.05) is 7.11 Å². The van der Waals surface area contributed by atoms with Gasteiger partial charge in [0.2, 0.25) is 0 Å². The number of methoxy groups -OCH3 is 1. The maximum Gasteiger partial charge on any atom is 0.128 e. The molecule has 2 heterocycles. The Bertz CT molecular complexity index is 762. The summed E-state index contributed by atoms with van der Waals surface area (Å²) < 4.78 is 7.58. The summed E-state index contributed by atoms with van der Waals surface area (Å²) in [5.74, 6) is 0.859. The quantitative estimate of drug-likeness (QED) is 0.793. The molecule has 4 nitrogen and oxygen atoms in total. The van der Waals surface area contributed by atoms with E-state index in [0.29, 0.717) is 6.54 Å². The van der Waals surface area contributed by atoms with Crippen LogP contribution in [0.4, 0.5) is 0 Å². The molecule has 4 heteroatoms. The monoisotopic (exact) mass is 267 g/mol. The summed E-state index contributed by atoms with van der Waals surface area (Å²) in [6.45, 7) is 0.511. The van der Waals surface area contributed by atoms with Gasteiger partial charge in [0.05, 0.1) is 23.7 Å². The van der Waals surface area contributed by atoms with Crippen molar-refractivity contribution < 1.29 is 4.74 Å². The minimum absolute atomic E-state index is 0.511. The SMILES string of the molecule is COc1cccc2c1c(-c1cc(CN)ccn1)cn2C. The molecule has 0 aliphatic rings. The van der Waals surface area contributed by atoms with Gasteiger partial charge in [-0.3, -0.25) is 4.98 Å². The third-order valence-corrected chi connectivity index (χ3v) is 3.53. The molecule has 102 valence electrons. The number of benzene rings is 1. The molecule has 0 bridgehead atoms. The lowest BCUT2D eigenvalue weighted by atomic mass is 10.1. The van der Waals surface area contributed by atoms with Crippen molar-refractivity contribution in [1.29, 1.82) is 0 Å². The van der Waals surface area contributed by atoms with Crippen LogP contribution < -0.4 is 10.5 Å². The lowest BCUT2D eigenvalue weighted by Gasteiger charge is -2.05. The molecule has 0 aliphatic carbocycles. The van der Waals surface area contributed by atoms with E-state index in [0.717, 1.165) is 33.5 Å². The van der Waals surface area contributed by atoms with E-state index >= 15 is 0 Å². The largest absolute Gasteiger partial charge is 0.496 e. The Kier molecular flexibility index (Phi) is 3.16. The molecule has 2 N–H and O–H groups in total. The summed E-state index contributed by atoms with van der Waals surface area (Å²) in [6, 6.07) is 10.0. The van der Waals surface area contributed by atoms with E-state index in [1.807, 2.05) is 31.3 Å². The number of hydrogen-bond acceptors (Lipinski definition) is 3. The van der Waals surface area contributed by atoms with Crippen LogP contribution in [0.15, 0.2) is 42.7 Å². The van der Waals surface area contributed by atoms with Gasteiger partial charge in [0.25, 0.3) is 0 Å². The predicted octanol–water partition coefficient (Wildman–Crippen LogP) is 2.71. The molecular formula is C16H17N3O. The van der Waals surface area contributed by atoms with Crippen LogP contribution in [0.25, 0.3) is 22.2 Å². The summed E-state index contributed by atoms with van der Waals surface area (Å²) in [7, 11) is 3.72. The number of nitrogens with zero attached hydrogens (tertiary/aromatic N) is 2. The highest BCUT2D eigenvalue weighted by molar-refractivity contribution is 5.99. The molecule has 0 fully saturated rings. The molecule has 0 saturated carbocycles.